The molecule has 0 aromatic rings. The molecule has 76 valence electrons. The van der Waals surface area contributed by atoms with Crippen molar-refractivity contribution in [3.63, 3.8) is 0 Å². The summed E-state index contributed by atoms with van der Waals surface area (Å²) in [6.07, 6.45) is 1.94. The van der Waals surface area contributed by atoms with Crippen LogP contribution in [0.5, 0.6) is 0 Å². The van der Waals surface area contributed by atoms with E-state index >= 15 is 0 Å². The average molecular weight is 186 g/mol. The molecule has 5 unspecified atom stereocenters. The molecule has 13 heavy (non-hydrogen) atoms. The third-order valence-electron chi connectivity index (χ3n) is 3.56. The third kappa shape index (κ3) is 1.49. The van der Waals surface area contributed by atoms with Gasteiger partial charge in [-0.2, -0.15) is 0 Å². The van der Waals surface area contributed by atoms with Gasteiger partial charge in [-0.15, -0.1) is 0 Å². The number of rotatable bonds is 1. The van der Waals surface area contributed by atoms with Gasteiger partial charge in [0.2, 0.25) is 0 Å². The van der Waals surface area contributed by atoms with E-state index in [4.69, 9.17) is 9.47 Å². The van der Waals surface area contributed by atoms with Crippen molar-refractivity contribution < 1.29 is 14.6 Å². The van der Waals surface area contributed by atoms with Gasteiger partial charge in [0.1, 0.15) is 0 Å². The number of hydrogen-bond acceptors (Lipinski definition) is 3. The van der Waals surface area contributed by atoms with Crippen LogP contribution in [0.4, 0.5) is 0 Å². The van der Waals surface area contributed by atoms with E-state index in [1.165, 1.54) is 0 Å². The summed E-state index contributed by atoms with van der Waals surface area (Å²) in [4.78, 5) is 0. The first-order valence-corrected chi connectivity index (χ1v) is 5.06. The molecule has 3 nitrogen and oxygen atoms in total. The summed E-state index contributed by atoms with van der Waals surface area (Å²) in [5.74, 6) is 1.13. The molecule has 0 radical (unpaired) electrons. The normalized spacial score (nSPS) is 50.5. The maximum atomic E-state index is 9.93. The van der Waals surface area contributed by atoms with Crippen molar-refractivity contribution in [2.24, 2.45) is 17.8 Å². The minimum atomic E-state index is -0.195. The van der Waals surface area contributed by atoms with Crippen LogP contribution in [0.3, 0.4) is 0 Å². The maximum absolute atomic E-state index is 9.93. The van der Waals surface area contributed by atoms with E-state index in [0.29, 0.717) is 24.4 Å². The van der Waals surface area contributed by atoms with Gasteiger partial charge in [0.25, 0.3) is 0 Å². The number of hydrogen-bond donors (Lipinski definition) is 1. The lowest BCUT2D eigenvalue weighted by atomic mass is 9.74. The highest BCUT2D eigenvalue weighted by Gasteiger charge is 2.45. The molecule has 3 heteroatoms. The number of fused-ring (bicyclic) bond motifs is 1. The van der Waals surface area contributed by atoms with Crippen molar-refractivity contribution in [3.8, 4) is 0 Å². The molecule has 2 rings (SSSR count). The fourth-order valence-electron chi connectivity index (χ4n) is 2.65. The van der Waals surface area contributed by atoms with Gasteiger partial charge in [-0.1, -0.05) is 6.92 Å². The molecule has 0 bridgehead atoms. The van der Waals surface area contributed by atoms with Crippen molar-refractivity contribution in [1.29, 1.82) is 0 Å². The van der Waals surface area contributed by atoms with Crippen molar-refractivity contribution in [1.82, 2.24) is 0 Å². The lowest BCUT2D eigenvalue weighted by Gasteiger charge is -2.35. The molecule has 0 spiro atoms. The maximum Gasteiger partial charge on any atom is 0.160 e. The van der Waals surface area contributed by atoms with E-state index in [2.05, 4.69) is 6.92 Å². The van der Waals surface area contributed by atoms with Gasteiger partial charge in [-0.05, 0) is 18.8 Å². The molecule has 1 aliphatic carbocycles. The first-order valence-electron chi connectivity index (χ1n) is 5.06. The Morgan fingerprint density at radius 3 is 2.77 bits per heavy atom. The van der Waals surface area contributed by atoms with E-state index < -0.39 is 0 Å². The highest BCUT2D eigenvalue weighted by Crippen LogP contribution is 2.41. The molecule has 2 aliphatic rings. The molecular formula is C10H18O3. The summed E-state index contributed by atoms with van der Waals surface area (Å²) in [5.41, 5.74) is 0. The standard InChI is InChI=1S/C10H18O3/c1-6-3-4-7-8(9(6)11)5-13-10(7)12-2/h6-11H,3-5H2,1-2H3. The van der Waals surface area contributed by atoms with Crippen molar-refractivity contribution in [3.05, 3.63) is 0 Å². The lowest BCUT2D eigenvalue weighted by molar-refractivity contribution is -0.115. The van der Waals surface area contributed by atoms with E-state index in [-0.39, 0.29) is 12.4 Å². The Balaban J connectivity index is 2.06. The lowest BCUT2D eigenvalue weighted by Crippen LogP contribution is -2.39. The van der Waals surface area contributed by atoms with E-state index in [1.807, 2.05) is 0 Å². The van der Waals surface area contributed by atoms with Gasteiger partial charge >= 0.3 is 0 Å². The van der Waals surface area contributed by atoms with Crippen LogP contribution in [-0.4, -0.2) is 31.2 Å². The molecule has 1 N–H and O–H groups in total. The molecule has 1 saturated heterocycles. The fourth-order valence-corrected chi connectivity index (χ4v) is 2.65. The second kappa shape index (κ2) is 3.56. The summed E-state index contributed by atoms with van der Waals surface area (Å²) < 4.78 is 10.7. The SMILES string of the molecule is COC1OCC2C(O)C(C)CCC12. The first kappa shape index (κ1) is 9.44. The Hall–Kier alpha value is -0.120. The van der Waals surface area contributed by atoms with Gasteiger partial charge in [0, 0.05) is 18.9 Å². The van der Waals surface area contributed by atoms with Crippen LogP contribution in [-0.2, 0) is 9.47 Å². The molecule has 1 aliphatic heterocycles. The second-order valence-corrected chi connectivity index (χ2v) is 4.31. The smallest absolute Gasteiger partial charge is 0.160 e. The van der Waals surface area contributed by atoms with Crippen LogP contribution >= 0.6 is 0 Å². The predicted octanol–water partition coefficient (Wildman–Crippen LogP) is 1.01. The summed E-state index contributed by atoms with van der Waals surface area (Å²) >= 11 is 0. The minimum Gasteiger partial charge on any atom is -0.392 e. The van der Waals surface area contributed by atoms with Gasteiger partial charge in [-0.3, -0.25) is 0 Å². The fraction of sp³-hybridized carbons (Fsp3) is 1.00. The molecular weight excluding hydrogens is 168 g/mol. The number of aliphatic hydroxyl groups is 1. The van der Waals surface area contributed by atoms with Crippen molar-refractivity contribution in [2.45, 2.75) is 32.2 Å². The Morgan fingerprint density at radius 2 is 2.08 bits per heavy atom. The van der Waals surface area contributed by atoms with Crippen LogP contribution in [0.1, 0.15) is 19.8 Å². The highest BCUT2D eigenvalue weighted by atomic mass is 16.7. The zero-order valence-corrected chi connectivity index (χ0v) is 8.27. The Bertz CT molecular complexity index is 183. The van der Waals surface area contributed by atoms with Crippen molar-refractivity contribution in [2.75, 3.05) is 13.7 Å². The minimum absolute atomic E-state index is 0.0767. The third-order valence-corrected chi connectivity index (χ3v) is 3.56. The Morgan fingerprint density at radius 1 is 1.31 bits per heavy atom. The van der Waals surface area contributed by atoms with Gasteiger partial charge in [0.15, 0.2) is 6.29 Å². The molecule has 2 fully saturated rings. The van der Waals surface area contributed by atoms with Gasteiger partial charge in [0.05, 0.1) is 12.7 Å². The summed E-state index contributed by atoms with van der Waals surface area (Å²) in [7, 11) is 1.68. The van der Waals surface area contributed by atoms with Crippen LogP contribution < -0.4 is 0 Å². The summed E-state index contributed by atoms with van der Waals surface area (Å²) in [6.45, 7) is 2.77. The number of methoxy groups -OCH3 is 1. The van der Waals surface area contributed by atoms with Gasteiger partial charge in [-0.25, -0.2) is 0 Å². The van der Waals surface area contributed by atoms with Crippen LogP contribution in [0.15, 0.2) is 0 Å². The van der Waals surface area contributed by atoms with E-state index in [9.17, 15) is 5.11 Å². The number of ether oxygens (including phenoxy) is 2. The monoisotopic (exact) mass is 186 g/mol. The summed E-state index contributed by atoms with van der Waals surface area (Å²) in [6, 6.07) is 0. The first-order chi connectivity index (χ1) is 6.24. The molecule has 0 amide bonds. The average Bonchev–Trinajstić information content (AvgIpc) is 2.55. The molecule has 0 aromatic heterocycles. The Kier molecular flexibility index (Phi) is 2.58. The second-order valence-electron chi connectivity index (χ2n) is 4.31. The highest BCUT2D eigenvalue weighted by molar-refractivity contribution is 4.90. The van der Waals surface area contributed by atoms with Crippen LogP contribution in [0.25, 0.3) is 0 Å². The topological polar surface area (TPSA) is 38.7 Å². The zero-order valence-electron chi connectivity index (χ0n) is 8.27. The molecule has 1 saturated carbocycles. The van der Waals surface area contributed by atoms with Crippen LogP contribution in [0.2, 0.25) is 0 Å². The molecule has 5 atom stereocenters. The zero-order chi connectivity index (χ0) is 9.42. The van der Waals surface area contributed by atoms with E-state index in [0.717, 1.165) is 12.8 Å². The Labute approximate surface area is 79.0 Å². The van der Waals surface area contributed by atoms with Gasteiger partial charge < -0.3 is 14.6 Å². The predicted molar refractivity (Wildman–Crippen MR) is 48.1 cm³/mol. The quantitative estimate of drug-likeness (QED) is 0.664. The van der Waals surface area contributed by atoms with Crippen molar-refractivity contribution >= 4 is 0 Å². The summed E-state index contributed by atoms with van der Waals surface area (Å²) in [5, 5.41) is 9.93. The largest absolute Gasteiger partial charge is 0.392 e. The molecule has 1 heterocycles. The van der Waals surface area contributed by atoms with E-state index in [1.54, 1.807) is 7.11 Å². The number of aliphatic hydroxyl groups excluding tert-OH is 1. The van der Waals surface area contributed by atoms with Crippen LogP contribution in [0, 0.1) is 17.8 Å². The molecule has 0 aromatic carbocycles.